The normalized spacial score (nSPS) is 13.3. The lowest BCUT2D eigenvalue weighted by atomic mass is 10.2. The van der Waals surface area contributed by atoms with Gasteiger partial charge in [0.15, 0.2) is 11.5 Å². The Morgan fingerprint density at radius 1 is 1.11 bits per heavy atom. The second-order valence-corrected chi connectivity index (χ2v) is 9.28. The van der Waals surface area contributed by atoms with E-state index in [4.69, 9.17) is 9.47 Å². The van der Waals surface area contributed by atoms with Gasteiger partial charge in [-0.2, -0.15) is 5.10 Å². The molecule has 0 unspecified atom stereocenters. The summed E-state index contributed by atoms with van der Waals surface area (Å²) in [4.78, 5) is 14.8. The third-order valence-corrected chi connectivity index (χ3v) is 6.39. The van der Waals surface area contributed by atoms with Crippen molar-refractivity contribution in [3.05, 3.63) is 86.7 Å². The first-order chi connectivity index (χ1) is 17.0. The molecule has 0 atom stereocenters. The summed E-state index contributed by atoms with van der Waals surface area (Å²) in [6.45, 7) is 4.68. The summed E-state index contributed by atoms with van der Waals surface area (Å²) in [5, 5.41) is 4.12. The Morgan fingerprint density at radius 2 is 1.89 bits per heavy atom. The molecule has 1 N–H and O–H groups in total. The molecule has 8 heteroatoms. The molecule has 4 rings (SSSR count). The molecule has 3 aromatic rings. The third kappa shape index (κ3) is 6.72. The first-order valence-corrected chi connectivity index (χ1v) is 12.6. The summed E-state index contributed by atoms with van der Waals surface area (Å²) in [5.74, 6) is 0.558. The van der Waals surface area contributed by atoms with Crippen LogP contribution in [0, 0.1) is 9.39 Å². The van der Waals surface area contributed by atoms with Crippen molar-refractivity contribution in [2.24, 2.45) is 5.10 Å². The van der Waals surface area contributed by atoms with Gasteiger partial charge in [-0.1, -0.05) is 12.1 Å². The summed E-state index contributed by atoms with van der Waals surface area (Å²) in [5.41, 5.74) is 5.75. The Hall–Kier alpha value is -3.14. The predicted molar refractivity (Wildman–Crippen MR) is 144 cm³/mol. The van der Waals surface area contributed by atoms with E-state index < -0.39 is 0 Å². The van der Waals surface area contributed by atoms with Crippen molar-refractivity contribution in [2.45, 2.75) is 26.4 Å². The number of nitrogens with one attached hydrogen (secondary N) is 1. The van der Waals surface area contributed by atoms with Crippen LogP contribution in [0.5, 0.6) is 11.5 Å². The Labute approximate surface area is 218 Å². The number of hydrogen-bond donors (Lipinski definition) is 1. The number of hydrazone groups is 1. The van der Waals surface area contributed by atoms with Crippen molar-refractivity contribution >= 4 is 40.4 Å². The van der Waals surface area contributed by atoms with Crippen LogP contribution < -0.4 is 19.8 Å². The van der Waals surface area contributed by atoms with Gasteiger partial charge in [0.1, 0.15) is 12.4 Å². The highest BCUT2D eigenvalue weighted by atomic mass is 127. The fraction of sp³-hybridized carbons (Fsp3) is 0.259. The molecule has 0 radical (unpaired) electrons. The van der Waals surface area contributed by atoms with Crippen molar-refractivity contribution < 1.29 is 18.7 Å². The van der Waals surface area contributed by atoms with Gasteiger partial charge in [-0.15, -0.1) is 0 Å². The Bertz CT molecular complexity index is 1190. The predicted octanol–water partition coefficient (Wildman–Crippen LogP) is 5.77. The van der Waals surface area contributed by atoms with E-state index in [1.54, 1.807) is 24.4 Å². The molecule has 3 aromatic carbocycles. The summed E-state index contributed by atoms with van der Waals surface area (Å²) in [7, 11) is 0. The summed E-state index contributed by atoms with van der Waals surface area (Å²) in [6.07, 6.45) is 3.99. The van der Waals surface area contributed by atoms with Gasteiger partial charge in [0.25, 0.3) is 5.91 Å². The maximum atomic E-state index is 13.5. The molecule has 1 amide bonds. The van der Waals surface area contributed by atoms with Gasteiger partial charge in [-0.05, 0) is 102 Å². The van der Waals surface area contributed by atoms with E-state index in [0.29, 0.717) is 23.7 Å². The zero-order valence-electron chi connectivity index (χ0n) is 19.5. The molecule has 0 aliphatic carbocycles. The van der Waals surface area contributed by atoms with Gasteiger partial charge < -0.3 is 14.4 Å². The smallest absolute Gasteiger partial charge is 0.271 e. The Balaban J connectivity index is 1.40. The lowest BCUT2D eigenvalue weighted by Gasteiger charge is -2.17. The molecule has 35 heavy (non-hydrogen) atoms. The minimum Gasteiger partial charge on any atom is -0.490 e. The number of carbonyl (C=O) groups is 1. The van der Waals surface area contributed by atoms with Crippen LogP contribution in [0.15, 0.2) is 65.8 Å². The fourth-order valence-electron chi connectivity index (χ4n) is 3.88. The van der Waals surface area contributed by atoms with Crippen molar-refractivity contribution in [1.82, 2.24) is 5.43 Å². The van der Waals surface area contributed by atoms with Gasteiger partial charge in [-0.25, -0.2) is 9.82 Å². The fourth-order valence-corrected chi connectivity index (χ4v) is 4.66. The second-order valence-electron chi connectivity index (χ2n) is 8.12. The summed E-state index contributed by atoms with van der Waals surface area (Å²) in [6, 6.07) is 17.6. The maximum absolute atomic E-state index is 13.5. The highest BCUT2D eigenvalue weighted by molar-refractivity contribution is 14.1. The zero-order chi connectivity index (χ0) is 24.6. The van der Waals surface area contributed by atoms with Crippen LogP contribution in [0.1, 0.15) is 41.3 Å². The van der Waals surface area contributed by atoms with Crippen LogP contribution in [-0.4, -0.2) is 31.8 Å². The average Bonchev–Trinajstić information content (AvgIpc) is 3.39. The molecule has 6 nitrogen and oxygen atoms in total. The molecule has 0 saturated carbocycles. The first-order valence-electron chi connectivity index (χ1n) is 11.6. The Kier molecular flexibility index (Phi) is 8.57. The van der Waals surface area contributed by atoms with Gasteiger partial charge in [-0.3, -0.25) is 4.79 Å². The van der Waals surface area contributed by atoms with Crippen molar-refractivity contribution in [1.29, 1.82) is 0 Å². The number of hydrogen-bond acceptors (Lipinski definition) is 5. The van der Waals surface area contributed by atoms with Crippen LogP contribution in [0.25, 0.3) is 0 Å². The number of anilines is 1. The highest BCUT2D eigenvalue weighted by Gasteiger charge is 2.14. The van der Waals surface area contributed by atoms with Gasteiger partial charge in [0.2, 0.25) is 0 Å². The first kappa shape index (κ1) is 25.0. The topological polar surface area (TPSA) is 63.2 Å². The number of carbonyl (C=O) groups excluding carboxylic acids is 1. The molecular weight excluding hydrogens is 560 g/mol. The number of ether oxygens (including phenoxy) is 2. The molecule has 1 aliphatic rings. The van der Waals surface area contributed by atoms with Gasteiger partial charge >= 0.3 is 0 Å². The molecule has 1 fully saturated rings. The van der Waals surface area contributed by atoms with E-state index in [1.807, 2.05) is 37.3 Å². The molecule has 0 bridgehead atoms. The lowest BCUT2D eigenvalue weighted by molar-refractivity contribution is 0.0955. The van der Waals surface area contributed by atoms with Gasteiger partial charge in [0, 0.05) is 24.3 Å². The minimum atomic E-state index is -0.304. The van der Waals surface area contributed by atoms with Crippen molar-refractivity contribution in [3.63, 3.8) is 0 Å². The number of halogens is 2. The third-order valence-electron chi connectivity index (χ3n) is 5.58. The molecule has 1 saturated heterocycles. The van der Waals surface area contributed by atoms with Crippen LogP contribution in [-0.2, 0) is 6.61 Å². The molecule has 1 heterocycles. The quantitative estimate of drug-likeness (QED) is 0.196. The molecule has 1 aliphatic heterocycles. The van der Waals surface area contributed by atoms with Gasteiger partial charge in [0.05, 0.1) is 16.4 Å². The van der Waals surface area contributed by atoms with E-state index in [1.165, 1.54) is 25.0 Å². The minimum absolute atomic E-state index is 0.216. The molecule has 0 spiro atoms. The van der Waals surface area contributed by atoms with Crippen molar-refractivity contribution in [2.75, 3.05) is 24.6 Å². The van der Waals surface area contributed by atoms with E-state index >= 15 is 0 Å². The number of amides is 1. The Morgan fingerprint density at radius 3 is 2.60 bits per heavy atom. The van der Waals surface area contributed by atoms with E-state index in [0.717, 1.165) is 33.5 Å². The lowest BCUT2D eigenvalue weighted by Crippen LogP contribution is -2.19. The van der Waals surface area contributed by atoms with E-state index in [9.17, 15) is 9.18 Å². The maximum Gasteiger partial charge on any atom is 0.271 e. The van der Waals surface area contributed by atoms with E-state index in [2.05, 4.69) is 38.0 Å². The van der Waals surface area contributed by atoms with Crippen molar-refractivity contribution in [3.8, 4) is 11.5 Å². The monoisotopic (exact) mass is 587 g/mol. The zero-order valence-corrected chi connectivity index (χ0v) is 21.6. The standard InChI is InChI=1S/C27H27FIN3O3/c1-2-34-25-16-20(15-24(29)26(25)35-18-19-6-5-7-22(28)14-19)17-30-31-27(33)21-8-10-23(11-9-21)32-12-3-4-13-32/h5-11,14-17H,2-4,12-13,18H2,1H3,(H,31,33)/b30-17-. The van der Waals surface area contributed by atoms with Crippen LogP contribution in [0.3, 0.4) is 0 Å². The second kappa shape index (κ2) is 12.0. The molecular formula is C27H27FIN3O3. The average molecular weight is 587 g/mol. The van der Waals surface area contributed by atoms with Crippen LogP contribution in [0.2, 0.25) is 0 Å². The summed E-state index contributed by atoms with van der Waals surface area (Å²) < 4.78 is 26.0. The molecule has 182 valence electrons. The number of nitrogens with zero attached hydrogens (tertiary/aromatic N) is 2. The number of rotatable bonds is 9. The number of benzene rings is 3. The van der Waals surface area contributed by atoms with Crippen LogP contribution >= 0.6 is 22.6 Å². The molecule has 0 aromatic heterocycles. The SMILES string of the molecule is CCOc1cc(/C=N\NC(=O)c2ccc(N3CCCC3)cc2)cc(I)c1OCc1cccc(F)c1. The summed E-state index contributed by atoms with van der Waals surface area (Å²) >= 11 is 2.16. The van der Waals surface area contributed by atoms with Crippen LogP contribution in [0.4, 0.5) is 10.1 Å². The van der Waals surface area contributed by atoms with E-state index in [-0.39, 0.29) is 18.3 Å². The largest absolute Gasteiger partial charge is 0.490 e. The highest BCUT2D eigenvalue weighted by Crippen LogP contribution is 2.34.